The Balaban J connectivity index is 1.79. The summed E-state index contributed by atoms with van der Waals surface area (Å²) in [6.45, 7) is 8.18. The Kier molecular flexibility index (Phi) is 4.26. The molecule has 124 valence electrons. The monoisotopic (exact) mass is 317 g/mol. The minimum absolute atomic E-state index is 0.0167. The fourth-order valence-electron chi connectivity index (χ4n) is 3.09. The van der Waals surface area contributed by atoms with Crippen LogP contribution in [0.3, 0.4) is 0 Å². The van der Waals surface area contributed by atoms with Gasteiger partial charge in [-0.2, -0.15) is 0 Å². The number of carbonyl (C=O) groups is 2. The standard InChI is InChI=1S/C17H23N3O3/c1-4-19-7-9-20(10-8-19)17(22)13-5-6-15-14(11-13)18(3)16(21)12(2)23-15/h5-6,11-12H,4,7-10H2,1-3H3. The lowest BCUT2D eigenvalue weighted by Crippen LogP contribution is -2.48. The van der Waals surface area contributed by atoms with E-state index in [0.29, 0.717) is 17.0 Å². The SMILES string of the molecule is CCN1CCN(C(=O)c2ccc3c(c2)N(C)C(=O)C(C)O3)CC1. The number of ether oxygens (including phenoxy) is 1. The lowest BCUT2D eigenvalue weighted by atomic mass is 10.1. The maximum Gasteiger partial charge on any atom is 0.267 e. The number of benzene rings is 1. The van der Waals surface area contributed by atoms with E-state index in [1.54, 1.807) is 37.1 Å². The summed E-state index contributed by atoms with van der Waals surface area (Å²) in [5.41, 5.74) is 1.26. The third-order valence-corrected chi connectivity index (χ3v) is 4.66. The van der Waals surface area contributed by atoms with Crippen LogP contribution in [-0.2, 0) is 4.79 Å². The lowest BCUT2D eigenvalue weighted by molar-refractivity contribution is -0.125. The van der Waals surface area contributed by atoms with Crippen LogP contribution in [0, 0.1) is 0 Å². The first-order chi connectivity index (χ1) is 11.0. The van der Waals surface area contributed by atoms with Gasteiger partial charge in [-0.05, 0) is 31.7 Å². The fourth-order valence-corrected chi connectivity index (χ4v) is 3.09. The third-order valence-electron chi connectivity index (χ3n) is 4.66. The van der Waals surface area contributed by atoms with Gasteiger partial charge in [-0.15, -0.1) is 0 Å². The highest BCUT2D eigenvalue weighted by molar-refractivity contribution is 6.02. The Morgan fingerprint density at radius 2 is 1.96 bits per heavy atom. The molecule has 6 heteroatoms. The molecule has 1 fully saturated rings. The predicted molar refractivity (Wildman–Crippen MR) is 88.0 cm³/mol. The van der Waals surface area contributed by atoms with Crippen LogP contribution in [0.25, 0.3) is 0 Å². The van der Waals surface area contributed by atoms with Gasteiger partial charge in [-0.3, -0.25) is 9.59 Å². The molecule has 0 spiro atoms. The number of nitrogens with zero attached hydrogens (tertiary/aromatic N) is 3. The number of amides is 2. The first kappa shape index (κ1) is 15.8. The van der Waals surface area contributed by atoms with E-state index < -0.39 is 6.10 Å². The summed E-state index contributed by atoms with van der Waals surface area (Å²) in [4.78, 5) is 30.5. The molecule has 0 bridgehead atoms. The summed E-state index contributed by atoms with van der Waals surface area (Å²) in [5.74, 6) is 0.564. The zero-order chi connectivity index (χ0) is 16.6. The van der Waals surface area contributed by atoms with E-state index >= 15 is 0 Å². The quantitative estimate of drug-likeness (QED) is 0.823. The van der Waals surface area contributed by atoms with Crippen molar-refractivity contribution < 1.29 is 14.3 Å². The van der Waals surface area contributed by atoms with Crippen LogP contribution in [0.15, 0.2) is 18.2 Å². The molecule has 2 aliphatic rings. The smallest absolute Gasteiger partial charge is 0.267 e. The van der Waals surface area contributed by atoms with Crippen LogP contribution in [0.1, 0.15) is 24.2 Å². The van der Waals surface area contributed by atoms with Crippen LogP contribution >= 0.6 is 0 Å². The second-order valence-electron chi connectivity index (χ2n) is 6.07. The summed E-state index contributed by atoms with van der Waals surface area (Å²) in [7, 11) is 1.72. The predicted octanol–water partition coefficient (Wildman–Crippen LogP) is 1.21. The van der Waals surface area contributed by atoms with E-state index in [-0.39, 0.29) is 11.8 Å². The van der Waals surface area contributed by atoms with E-state index in [1.807, 2.05) is 4.90 Å². The number of rotatable bonds is 2. The average Bonchev–Trinajstić information content (AvgIpc) is 2.59. The number of hydrogen-bond acceptors (Lipinski definition) is 4. The van der Waals surface area contributed by atoms with Gasteiger partial charge in [0.05, 0.1) is 5.69 Å². The molecule has 3 rings (SSSR count). The molecule has 1 aromatic rings. The average molecular weight is 317 g/mol. The molecule has 2 amide bonds. The van der Waals surface area contributed by atoms with Gasteiger partial charge in [0.2, 0.25) is 0 Å². The summed E-state index contributed by atoms with van der Waals surface area (Å²) in [6, 6.07) is 5.32. The Morgan fingerprint density at radius 3 is 2.61 bits per heavy atom. The maximum absolute atomic E-state index is 12.7. The van der Waals surface area contributed by atoms with Crippen LogP contribution in [0.5, 0.6) is 5.75 Å². The number of fused-ring (bicyclic) bond motifs is 1. The molecule has 0 aromatic heterocycles. The largest absolute Gasteiger partial charge is 0.479 e. The van der Waals surface area contributed by atoms with E-state index in [1.165, 1.54) is 0 Å². The molecule has 2 aliphatic heterocycles. The zero-order valence-electron chi connectivity index (χ0n) is 13.9. The fraction of sp³-hybridized carbons (Fsp3) is 0.529. The van der Waals surface area contributed by atoms with Gasteiger partial charge in [0.15, 0.2) is 6.10 Å². The Bertz CT molecular complexity index is 624. The van der Waals surface area contributed by atoms with Crippen LogP contribution in [0.2, 0.25) is 0 Å². The van der Waals surface area contributed by atoms with Gasteiger partial charge >= 0.3 is 0 Å². The van der Waals surface area contributed by atoms with Crippen molar-refractivity contribution in [1.82, 2.24) is 9.80 Å². The minimum atomic E-state index is -0.490. The highest BCUT2D eigenvalue weighted by atomic mass is 16.5. The first-order valence-electron chi connectivity index (χ1n) is 8.11. The summed E-state index contributed by atoms with van der Waals surface area (Å²) in [5, 5.41) is 0. The van der Waals surface area contributed by atoms with Crippen LogP contribution in [-0.4, -0.2) is 67.5 Å². The van der Waals surface area contributed by atoms with Gasteiger partial charge in [0, 0.05) is 38.8 Å². The van der Waals surface area contributed by atoms with Gasteiger partial charge in [-0.1, -0.05) is 6.92 Å². The van der Waals surface area contributed by atoms with E-state index in [2.05, 4.69) is 11.8 Å². The van der Waals surface area contributed by atoms with Gasteiger partial charge in [-0.25, -0.2) is 0 Å². The van der Waals surface area contributed by atoms with E-state index in [9.17, 15) is 9.59 Å². The molecule has 23 heavy (non-hydrogen) atoms. The number of piperazine rings is 1. The second-order valence-corrected chi connectivity index (χ2v) is 6.07. The minimum Gasteiger partial charge on any atom is -0.479 e. The first-order valence-corrected chi connectivity index (χ1v) is 8.11. The van der Waals surface area contributed by atoms with Crippen LogP contribution in [0.4, 0.5) is 5.69 Å². The Hall–Kier alpha value is -2.08. The van der Waals surface area contributed by atoms with Crippen molar-refractivity contribution in [3.63, 3.8) is 0 Å². The highest BCUT2D eigenvalue weighted by Crippen LogP contribution is 2.34. The molecule has 6 nitrogen and oxygen atoms in total. The number of anilines is 1. The lowest BCUT2D eigenvalue weighted by Gasteiger charge is -2.34. The van der Waals surface area contributed by atoms with Crippen molar-refractivity contribution >= 4 is 17.5 Å². The van der Waals surface area contributed by atoms with Crippen molar-refractivity contribution in [1.29, 1.82) is 0 Å². The van der Waals surface area contributed by atoms with E-state index in [4.69, 9.17) is 4.74 Å². The molecule has 0 aliphatic carbocycles. The molecular formula is C17H23N3O3. The van der Waals surface area contributed by atoms with Crippen molar-refractivity contribution in [3.05, 3.63) is 23.8 Å². The third kappa shape index (κ3) is 2.91. The molecule has 0 N–H and O–H groups in total. The van der Waals surface area contributed by atoms with Gasteiger partial charge in [0.25, 0.3) is 11.8 Å². The zero-order valence-corrected chi connectivity index (χ0v) is 13.9. The summed E-state index contributed by atoms with van der Waals surface area (Å²) in [6.07, 6.45) is -0.490. The Labute approximate surface area is 136 Å². The van der Waals surface area contributed by atoms with E-state index in [0.717, 1.165) is 32.7 Å². The summed E-state index contributed by atoms with van der Waals surface area (Å²) >= 11 is 0. The van der Waals surface area contributed by atoms with Crippen molar-refractivity contribution in [2.24, 2.45) is 0 Å². The highest BCUT2D eigenvalue weighted by Gasteiger charge is 2.30. The number of carbonyl (C=O) groups excluding carboxylic acids is 2. The molecule has 1 saturated heterocycles. The molecule has 1 unspecified atom stereocenters. The van der Waals surface area contributed by atoms with Gasteiger partial charge < -0.3 is 19.4 Å². The molecular weight excluding hydrogens is 294 g/mol. The number of hydrogen-bond donors (Lipinski definition) is 0. The summed E-state index contributed by atoms with van der Waals surface area (Å²) < 4.78 is 5.60. The molecule has 0 saturated carbocycles. The molecule has 0 radical (unpaired) electrons. The van der Waals surface area contributed by atoms with Crippen molar-refractivity contribution in [2.45, 2.75) is 20.0 Å². The normalized spacial score (nSPS) is 21.9. The maximum atomic E-state index is 12.7. The molecule has 1 aromatic carbocycles. The van der Waals surface area contributed by atoms with Crippen molar-refractivity contribution in [3.8, 4) is 5.75 Å². The van der Waals surface area contributed by atoms with Crippen molar-refractivity contribution in [2.75, 3.05) is 44.7 Å². The number of likely N-dealkylation sites (N-methyl/N-ethyl adjacent to an activating group) is 2. The topological polar surface area (TPSA) is 53.1 Å². The van der Waals surface area contributed by atoms with Gasteiger partial charge in [0.1, 0.15) is 5.75 Å². The molecule has 2 heterocycles. The second kappa shape index (κ2) is 6.20. The Morgan fingerprint density at radius 1 is 1.26 bits per heavy atom. The molecule has 1 atom stereocenters. The van der Waals surface area contributed by atoms with Crippen LogP contribution < -0.4 is 9.64 Å².